The number of methoxy groups -OCH3 is 1. The molecule has 4 aromatic rings. The van der Waals surface area contributed by atoms with Gasteiger partial charge in [-0.1, -0.05) is 60.2 Å². The lowest BCUT2D eigenvalue weighted by Crippen LogP contribution is -2.41. The Labute approximate surface area is 206 Å². The van der Waals surface area contributed by atoms with E-state index in [1.54, 1.807) is 7.11 Å². The first-order valence-electron chi connectivity index (χ1n) is 12.2. The molecular weight excluding hydrogens is 436 g/mol. The molecule has 3 aromatic carbocycles. The van der Waals surface area contributed by atoms with Crippen molar-refractivity contribution in [2.45, 2.75) is 25.8 Å². The molecule has 2 heterocycles. The van der Waals surface area contributed by atoms with Gasteiger partial charge in [0.2, 0.25) is 5.91 Å². The molecule has 1 amide bonds. The molecule has 35 heavy (non-hydrogen) atoms. The molecule has 5 rings (SSSR count). The summed E-state index contributed by atoms with van der Waals surface area (Å²) >= 11 is 0. The van der Waals surface area contributed by atoms with E-state index in [4.69, 9.17) is 9.47 Å². The van der Waals surface area contributed by atoms with E-state index in [0.717, 1.165) is 17.9 Å². The van der Waals surface area contributed by atoms with Crippen LogP contribution in [0.15, 0.2) is 79.0 Å². The van der Waals surface area contributed by atoms with Gasteiger partial charge < -0.3 is 18.9 Å². The first-order chi connectivity index (χ1) is 17.1. The van der Waals surface area contributed by atoms with Gasteiger partial charge in [0.1, 0.15) is 5.75 Å². The highest BCUT2D eigenvalue weighted by Crippen LogP contribution is 2.36. The van der Waals surface area contributed by atoms with Crippen molar-refractivity contribution in [3.63, 3.8) is 0 Å². The Morgan fingerprint density at radius 3 is 2.40 bits per heavy atom. The van der Waals surface area contributed by atoms with Crippen molar-refractivity contribution in [2.75, 3.05) is 33.4 Å². The highest BCUT2D eigenvalue weighted by molar-refractivity contribution is 5.87. The van der Waals surface area contributed by atoms with Crippen molar-refractivity contribution in [1.82, 2.24) is 9.47 Å². The monoisotopic (exact) mass is 468 g/mol. The number of fused-ring (bicyclic) bond motifs is 1. The lowest BCUT2D eigenvalue weighted by atomic mass is 9.87. The summed E-state index contributed by atoms with van der Waals surface area (Å²) in [6.45, 7) is 5.42. The summed E-state index contributed by atoms with van der Waals surface area (Å²) in [4.78, 5) is 15.3. The zero-order chi connectivity index (χ0) is 24.2. The normalized spacial score (nSPS) is 14.7. The maximum Gasteiger partial charge on any atom is 0.223 e. The quantitative estimate of drug-likeness (QED) is 0.365. The smallest absolute Gasteiger partial charge is 0.223 e. The molecule has 1 aromatic heterocycles. The van der Waals surface area contributed by atoms with Crippen molar-refractivity contribution in [3.05, 3.63) is 101 Å². The van der Waals surface area contributed by atoms with Gasteiger partial charge in [0.15, 0.2) is 0 Å². The van der Waals surface area contributed by atoms with Crippen LogP contribution in [0.4, 0.5) is 0 Å². The van der Waals surface area contributed by atoms with Crippen LogP contribution in [-0.2, 0) is 16.1 Å². The van der Waals surface area contributed by atoms with E-state index in [0.29, 0.717) is 32.7 Å². The fraction of sp³-hybridized carbons (Fsp3) is 0.300. The second-order valence-corrected chi connectivity index (χ2v) is 9.24. The number of carbonyl (C=O) groups is 1. The second-order valence-electron chi connectivity index (χ2n) is 9.24. The number of rotatable bonds is 7. The van der Waals surface area contributed by atoms with Crippen LogP contribution in [0.2, 0.25) is 0 Å². The van der Waals surface area contributed by atoms with Crippen molar-refractivity contribution >= 4 is 16.8 Å². The third kappa shape index (κ3) is 5.10. The number of hydrogen-bond acceptors (Lipinski definition) is 3. The summed E-state index contributed by atoms with van der Waals surface area (Å²) in [5, 5.41) is 1.19. The van der Waals surface area contributed by atoms with Gasteiger partial charge in [0.25, 0.3) is 0 Å². The van der Waals surface area contributed by atoms with E-state index in [1.165, 1.54) is 27.6 Å². The van der Waals surface area contributed by atoms with Crippen LogP contribution >= 0.6 is 0 Å². The predicted octanol–water partition coefficient (Wildman–Crippen LogP) is 5.39. The number of benzene rings is 3. The van der Waals surface area contributed by atoms with E-state index >= 15 is 0 Å². The fourth-order valence-corrected chi connectivity index (χ4v) is 4.93. The lowest BCUT2D eigenvalue weighted by molar-refractivity contribution is -0.135. The number of morpholine rings is 1. The SMILES string of the molecule is COc1ccc([C@H](CC(=O)N2CCOCC2)c2cn(Cc3ccc(C)cc3)c3ccccc23)cc1. The van der Waals surface area contributed by atoms with Gasteiger partial charge in [-0.25, -0.2) is 0 Å². The van der Waals surface area contributed by atoms with Crippen LogP contribution in [0, 0.1) is 6.92 Å². The summed E-state index contributed by atoms with van der Waals surface area (Å²) in [6, 6.07) is 25.3. The molecule has 1 saturated heterocycles. The fourth-order valence-electron chi connectivity index (χ4n) is 4.93. The van der Waals surface area contributed by atoms with Gasteiger partial charge >= 0.3 is 0 Å². The van der Waals surface area contributed by atoms with Crippen LogP contribution in [0.25, 0.3) is 10.9 Å². The van der Waals surface area contributed by atoms with Crippen LogP contribution in [0.5, 0.6) is 5.75 Å². The van der Waals surface area contributed by atoms with E-state index in [9.17, 15) is 4.79 Å². The van der Waals surface area contributed by atoms with Crippen molar-refractivity contribution in [2.24, 2.45) is 0 Å². The second kappa shape index (κ2) is 10.4. The highest BCUT2D eigenvalue weighted by Gasteiger charge is 2.26. The van der Waals surface area contributed by atoms with Gasteiger partial charge in [-0.2, -0.15) is 0 Å². The number of ether oxygens (including phenoxy) is 2. The number of nitrogens with zero attached hydrogens (tertiary/aromatic N) is 2. The number of aryl methyl sites for hydroxylation is 1. The Balaban J connectivity index is 1.55. The molecule has 1 atom stereocenters. The largest absolute Gasteiger partial charge is 0.497 e. The molecule has 1 aliphatic heterocycles. The summed E-state index contributed by atoms with van der Waals surface area (Å²) in [7, 11) is 1.67. The van der Waals surface area contributed by atoms with Crippen LogP contribution < -0.4 is 4.74 Å². The Hall–Kier alpha value is -3.57. The minimum absolute atomic E-state index is 0.0552. The topological polar surface area (TPSA) is 43.7 Å². The van der Waals surface area contributed by atoms with E-state index in [-0.39, 0.29) is 11.8 Å². The molecule has 180 valence electrons. The van der Waals surface area contributed by atoms with Gasteiger partial charge in [-0.3, -0.25) is 4.79 Å². The molecule has 0 N–H and O–H groups in total. The molecular formula is C30H32N2O3. The van der Waals surface area contributed by atoms with Crippen LogP contribution in [0.1, 0.15) is 34.6 Å². The Morgan fingerprint density at radius 1 is 0.971 bits per heavy atom. The van der Waals surface area contributed by atoms with Crippen LogP contribution in [-0.4, -0.2) is 48.8 Å². The summed E-state index contributed by atoms with van der Waals surface area (Å²) in [5.41, 5.74) is 5.99. The zero-order valence-corrected chi connectivity index (χ0v) is 20.4. The molecule has 1 aliphatic rings. The average molecular weight is 469 g/mol. The van der Waals surface area contributed by atoms with Crippen LogP contribution in [0.3, 0.4) is 0 Å². The van der Waals surface area contributed by atoms with Gasteiger partial charge in [-0.15, -0.1) is 0 Å². The summed E-state index contributed by atoms with van der Waals surface area (Å²) in [5.74, 6) is 0.929. The third-order valence-electron chi connectivity index (χ3n) is 6.93. The predicted molar refractivity (Wildman–Crippen MR) is 139 cm³/mol. The Kier molecular flexibility index (Phi) is 6.87. The van der Waals surface area contributed by atoms with E-state index in [1.807, 2.05) is 17.0 Å². The molecule has 0 radical (unpaired) electrons. The zero-order valence-electron chi connectivity index (χ0n) is 20.4. The van der Waals surface area contributed by atoms with Crippen molar-refractivity contribution in [1.29, 1.82) is 0 Å². The third-order valence-corrected chi connectivity index (χ3v) is 6.93. The molecule has 0 spiro atoms. The van der Waals surface area contributed by atoms with Gasteiger partial charge in [0, 0.05) is 49.1 Å². The molecule has 0 saturated carbocycles. The molecule has 0 bridgehead atoms. The number of amides is 1. The molecule has 5 heteroatoms. The van der Waals surface area contributed by atoms with Crippen molar-refractivity contribution < 1.29 is 14.3 Å². The lowest BCUT2D eigenvalue weighted by Gasteiger charge is -2.28. The minimum atomic E-state index is -0.0552. The highest BCUT2D eigenvalue weighted by atomic mass is 16.5. The Morgan fingerprint density at radius 2 is 1.69 bits per heavy atom. The van der Waals surface area contributed by atoms with Gasteiger partial charge in [0.05, 0.1) is 20.3 Å². The summed E-state index contributed by atoms with van der Waals surface area (Å²) in [6.07, 6.45) is 2.66. The van der Waals surface area contributed by atoms with E-state index < -0.39 is 0 Å². The van der Waals surface area contributed by atoms with Crippen molar-refractivity contribution in [3.8, 4) is 5.75 Å². The molecule has 5 nitrogen and oxygen atoms in total. The van der Waals surface area contributed by atoms with Gasteiger partial charge in [-0.05, 0) is 41.8 Å². The number of aromatic nitrogens is 1. The maximum atomic E-state index is 13.4. The molecule has 0 aliphatic carbocycles. The number of hydrogen-bond donors (Lipinski definition) is 0. The standard InChI is InChI=1S/C30H32N2O3/c1-22-7-9-23(10-8-22)20-32-21-28(26-5-3-4-6-29(26)32)27(24-11-13-25(34-2)14-12-24)19-30(33)31-15-17-35-18-16-31/h3-14,21,27H,15-20H2,1-2H3/t27-/m0/s1. The first kappa shape index (κ1) is 23.2. The number of carbonyl (C=O) groups excluding carboxylic acids is 1. The maximum absolute atomic E-state index is 13.4. The summed E-state index contributed by atoms with van der Waals surface area (Å²) < 4.78 is 13.2. The number of para-hydroxylation sites is 1. The van der Waals surface area contributed by atoms with E-state index in [2.05, 4.69) is 78.4 Å². The molecule has 0 unspecified atom stereocenters. The first-order valence-corrected chi connectivity index (χ1v) is 12.2. The molecule has 1 fully saturated rings. The Bertz CT molecular complexity index is 1290. The minimum Gasteiger partial charge on any atom is -0.497 e. The average Bonchev–Trinajstić information content (AvgIpc) is 3.27.